The number of likely N-dealkylation sites (tertiary alicyclic amines) is 2. The van der Waals surface area contributed by atoms with Crippen molar-refractivity contribution < 1.29 is 4.79 Å². The quantitative estimate of drug-likeness (QED) is 0.579. The third-order valence-electron chi connectivity index (χ3n) is 6.37. The number of hydrogen-bond acceptors (Lipinski definition) is 4. The van der Waals surface area contributed by atoms with Crippen molar-refractivity contribution in [2.45, 2.75) is 45.6 Å². The molecule has 0 aromatic carbocycles. The van der Waals surface area contributed by atoms with Gasteiger partial charge < -0.3 is 4.90 Å². The predicted molar refractivity (Wildman–Crippen MR) is 120 cm³/mol. The van der Waals surface area contributed by atoms with E-state index in [-0.39, 0.29) is 0 Å². The highest BCUT2D eigenvalue weighted by molar-refractivity contribution is 9.11. The number of hydrogen-bond donors (Lipinski definition) is 0. The molecule has 0 aromatic heterocycles. The summed E-state index contributed by atoms with van der Waals surface area (Å²) in [5.74, 6) is 0.347. The van der Waals surface area contributed by atoms with Gasteiger partial charge in [0.05, 0.1) is 6.54 Å². The topological polar surface area (TPSA) is 30.0 Å². The zero-order chi connectivity index (χ0) is 19.9. The Balaban J connectivity index is 1.36. The van der Waals surface area contributed by atoms with Crippen LogP contribution in [0.25, 0.3) is 0 Å². The molecule has 6 heteroatoms. The first-order valence-electron chi connectivity index (χ1n) is 11.0. The summed E-state index contributed by atoms with van der Waals surface area (Å²) in [6, 6.07) is 0.661. The molecule has 0 bridgehead atoms. The Morgan fingerprint density at radius 1 is 0.857 bits per heavy atom. The van der Waals surface area contributed by atoms with Gasteiger partial charge in [-0.1, -0.05) is 33.7 Å². The van der Waals surface area contributed by atoms with Crippen LogP contribution in [0, 0.1) is 0 Å². The maximum Gasteiger partial charge on any atom is 0.236 e. The zero-order valence-electron chi connectivity index (χ0n) is 17.7. The number of rotatable bonds is 6. The summed E-state index contributed by atoms with van der Waals surface area (Å²) in [6.07, 6.45) is 9.13. The van der Waals surface area contributed by atoms with Gasteiger partial charge in [0.25, 0.3) is 0 Å². The molecule has 0 N–H and O–H groups in total. The van der Waals surface area contributed by atoms with Crippen LogP contribution >= 0.6 is 15.9 Å². The molecule has 0 aromatic rings. The third-order valence-corrected chi connectivity index (χ3v) is 6.63. The summed E-state index contributed by atoms with van der Waals surface area (Å²) in [7, 11) is 0. The summed E-state index contributed by atoms with van der Waals surface area (Å²) < 4.78 is 1.17. The van der Waals surface area contributed by atoms with Gasteiger partial charge in [0.1, 0.15) is 0 Å². The number of piperazine rings is 1. The van der Waals surface area contributed by atoms with Crippen molar-refractivity contribution in [1.82, 2.24) is 19.6 Å². The number of carbonyl (C=O) groups excluding carboxylic acids is 1. The van der Waals surface area contributed by atoms with Crippen molar-refractivity contribution in [3.8, 4) is 0 Å². The Hall–Kier alpha value is -0.690. The zero-order valence-corrected chi connectivity index (χ0v) is 19.3. The molecular formula is C22H37BrN4O. The highest BCUT2D eigenvalue weighted by Crippen LogP contribution is 2.19. The normalized spacial score (nSPS) is 24.9. The second-order valence-corrected chi connectivity index (χ2v) is 9.92. The average Bonchev–Trinajstić information content (AvgIpc) is 3.20. The lowest BCUT2D eigenvalue weighted by atomic mass is 10.0. The number of amides is 1. The van der Waals surface area contributed by atoms with E-state index in [1.54, 1.807) is 0 Å². The largest absolute Gasteiger partial charge is 0.341 e. The van der Waals surface area contributed by atoms with Crippen LogP contribution in [0.5, 0.6) is 0 Å². The Kier molecular flexibility index (Phi) is 8.57. The number of allylic oxidation sites excluding steroid dienone is 3. The molecule has 3 fully saturated rings. The van der Waals surface area contributed by atoms with E-state index in [1.165, 1.54) is 22.9 Å². The van der Waals surface area contributed by atoms with E-state index >= 15 is 0 Å². The van der Waals surface area contributed by atoms with Gasteiger partial charge in [-0.25, -0.2) is 0 Å². The van der Waals surface area contributed by atoms with Crippen molar-refractivity contribution in [1.29, 1.82) is 0 Å². The molecule has 0 saturated carbocycles. The third kappa shape index (κ3) is 6.68. The fourth-order valence-electron chi connectivity index (χ4n) is 4.66. The van der Waals surface area contributed by atoms with Gasteiger partial charge in [-0.05, 0) is 57.1 Å². The highest BCUT2D eigenvalue weighted by atomic mass is 79.9. The van der Waals surface area contributed by atoms with Crippen LogP contribution in [0.3, 0.4) is 0 Å². The molecule has 158 valence electrons. The molecule has 3 rings (SSSR count). The van der Waals surface area contributed by atoms with E-state index in [0.29, 0.717) is 18.5 Å². The average molecular weight is 453 g/mol. The summed E-state index contributed by atoms with van der Waals surface area (Å²) in [5.41, 5.74) is 1.41. The maximum absolute atomic E-state index is 12.5. The molecule has 28 heavy (non-hydrogen) atoms. The molecule has 0 spiro atoms. The second-order valence-electron chi connectivity index (χ2n) is 8.67. The molecular weight excluding hydrogens is 416 g/mol. The number of halogens is 1. The van der Waals surface area contributed by atoms with Crippen molar-refractivity contribution in [2.24, 2.45) is 0 Å². The second kappa shape index (κ2) is 10.9. The van der Waals surface area contributed by atoms with Crippen LogP contribution in [-0.2, 0) is 4.79 Å². The molecule has 3 aliphatic rings. The van der Waals surface area contributed by atoms with E-state index in [1.807, 2.05) is 0 Å². The van der Waals surface area contributed by atoms with Crippen molar-refractivity contribution in [3.63, 3.8) is 0 Å². The molecule has 3 aliphatic heterocycles. The molecule has 3 saturated heterocycles. The molecule has 0 atom stereocenters. The van der Waals surface area contributed by atoms with Crippen LogP contribution in [0.4, 0.5) is 0 Å². The maximum atomic E-state index is 12.5. The van der Waals surface area contributed by atoms with Crippen LogP contribution < -0.4 is 0 Å². The van der Waals surface area contributed by atoms with Gasteiger partial charge in [-0.3, -0.25) is 19.5 Å². The van der Waals surface area contributed by atoms with Crippen molar-refractivity contribution >= 4 is 21.8 Å². The highest BCUT2D eigenvalue weighted by Gasteiger charge is 2.29. The van der Waals surface area contributed by atoms with E-state index in [4.69, 9.17) is 0 Å². The molecule has 0 aliphatic carbocycles. The van der Waals surface area contributed by atoms with E-state index in [2.05, 4.69) is 61.5 Å². The lowest BCUT2D eigenvalue weighted by Crippen LogP contribution is -2.54. The van der Waals surface area contributed by atoms with Crippen LogP contribution in [-0.4, -0.2) is 97.0 Å². The van der Waals surface area contributed by atoms with E-state index in [9.17, 15) is 4.79 Å². The van der Waals surface area contributed by atoms with Crippen molar-refractivity contribution in [3.05, 3.63) is 22.2 Å². The van der Waals surface area contributed by atoms with Crippen molar-refractivity contribution in [2.75, 3.05) is 65.4 Å². The SMILES string of the molecule is C/C(Br)=C\C=C(/C)CN1CCN(C2CCN(C(=O)CN3CCCC3)CC2)CC1. The van der Waals surface area contributed by atoms with Gasteiger partial charge in [0, 0.05) is 51.9 Å². The fourth-order valence-corrected chi connectivity index (χ4v) is 4.79. The van der Waals surface area contributed by atoms with Gasteiger partial charge in [0.15, 0.2) is 0 Å². The number of piperidine rings is 1. The Labute approximate surface area is 179 Å². The van der Waals surface area contributed by atoms with Gasteiger partial charge in [0.2, 0.25) is 5.91 Å². The van der Waals surface area contributed by atoms with E-state index < -0.39 is 0 Å². The molecule has 5 nitrogen and oxygen atoms in total. The first-order chi connectivity index (χ1) is 13.5. The van der Waals surface area contributed by atoms with Gasteiger partial charge in [-0.15, -0.1) is 0 Å². The lowest BCUT2D eigenvalue weighted by Gasteiger charge is -2.43. The smallest absolute Gasteiger partial charge is 0.236 e. The van der Waals surface area contributed by atoms with Crippen LogP contribution in [0.2, 0.25) is 0 Å². The minimum Gasteiger partial charge on any atom is -0.341 e. The van der Waals surface area contributed by atoms with E-state index in [0.717, 1.165) is 71.7 Å². The summed E-state index contributed by atoms with van der Waals surface area (Å²) in [5, 5.41) is 0. The van der Waals surface area contributed by atoms with Gasteiger partial charge >= 0.3 is 0 Å². The fraction of sp³-hybridized carbons (Fsp3) is 0.773. The summed E-state index contributed by atoms with van der Waals surface area (Å²) >= 11 is 3.48. The minimum atomic E-state index is 0.347. The molecule has 3 heterocycles. The molecule has 1 amide bonds. The Bertz CT molecular complexity index is 565. The molecule has 0 unspecified atom stereocenters. The Morgan fingerprint density at radius 2 is 1.46 bits per heavy atom. The lowest BCUT2D eigenvalue weighted by molar-refractivity contribution is -0.133. The first kappa shape index (κ1) is 22.0. The number of nitrogens with zero attached hydrogens (tertiary/aromatic N) is 4. The summed E-state index contributed by atoms with van der Waals surface area (Å²) in [4.78, 5) is 22.2. The standard InChI is InChI=1S/C22H37BrN4O/c1-19(5-6-20(2)23)17-25-13-15-26(16-14-25)21-7-11-27(12-8-21)22(28)18-24-9-3-4-10-24/h5-6,21H,3-4,7-18H2,1-2H3/b19-5+,20-6+. The summed E-state index contributed by atoms with van der Waals surface area (Å²) in [6.45, 7) is 14.7. The molecule has 0 radical (unpaired) electrons. The van der Waals surface area contributed by atoms with Crippen LogP contribution in [0.15, 0.2) is 22.2 Å². The predicted octanol–water partition coefficient (Wildman–Crippen LogP) is 2.94. The van der Waals surface area contributed by atoms with Crippen LogP contribution in [0.1, 0.15) is 39.5 Å². The minimum absolute atomic E-state index is 0.347. The Morgan fingerprint density at radius 3 is 2.07 bits per heavy atom. The monoisotopic (exact) mass is 452 g/mol. The van der Waals surface area contributed by atoms with Gasteiger partial charge in [-0.2, -0.15) is 0 Å². The number of carbonyl (C=O) groups is 1. The first-order valence-corrected chi connectivity index (χ1v) is 11.8.